The fourth-order valence-corrected chi connectivity index (χ4v) is 3.21. The van der Waals surface area contributed by atoms with Gasteiger partial charge in [0.05, 0.1) is 16.1 Å². The molecule has 0 saturated carbocycles. The van der Waals surface area contributed by atoms with Gasteiger partial charge in [-0.3, -0.25) is 9.78 Å². The SMILES string of the molecule is Cc1sc(C(=O)Nc2cccc3cc(Br)cnc23)cc1N. The molecule has 0 aliphatic rings. The molecule has 3 N–H and O–H groups in total. The monoisotopic (exact) mass is 361 g/mol. The first-order chi connectivity index (χ1) is 10.0. The predicted octanol–water partition coefficient (Wildman–Crippen LogP) is 4.20. The molecule has 6 heteroatoms. The van der Waals surface area contributed by atoms with Crippen LogP contribution in [-0.4, -0.2) is 10.9 Å². The molecule has 2 heterocycles. The van der Waals surface area contributed by atoms with E-state index >= 15 is 0 Å². The molecule has 3 rings (SSSR count). The number of para-hydroxylation sites is 1. The second kappa shape index (κ2) is 5.46. The Bertz CT molecular complexity index is 825. The molecule has 0 atom stereocenters. The van der Waals surface area contributed by atoms with Crippen molar-refractivity contribution in [2.45, 2.75) is 6.92 Å². The second-order valence-electron chi connectivity index (χ2n) is 4.61. The van der Waals surface area contributed by atoms with Gasteiger partial charge in [0.2, 0.25) is 0 Å². The minimum absolute atomic E-state index is 0.169. The summed E-state index contributed by atoms with van der Waals surface area (Å²) in [5.41, 5.74) is 7.88. The highest BCUT2D eigenvalue weighted by Crippen LogP contribution is 2.27. The van der Waals surface area contributed by atoms with E-state index in [9.17, 15) is 4.79 Å². The maximum atomic E-state index is 12.3. The van der Waals surface area contributed by atoms with E-state index in [-0.39, 0.29) is 5.91 Å². The van der Waals surface area contributed by atoms with E-state index in [1.54, 1.807) is 12.3 Å². The number of thiophene rings is 1. The Kier molecular flexibility index (Phi) is 3.65. The number of benzene rings is 1. The normalized spacial score (nSPS) is 10.8. The first-order valence-corrected chi connectivity index (χ1v) is 7.87. The summed E-state index contributed by atoms with van der Waals surface area (Å²) in [5.74, 6) is -0.169. The van der Waals surface area contributed by atoms with Crippen molar-refractivity contribution in [3.63, 3.8) is 0 Å². The lowest BCUT2D eigenvalue weighted by Gasteiger charge is -2.07. The first kappa shape index (κ1) is 14.0. The van der Waals surface area contributed by atoms with Crippen LogP contribution in [0.2, 0.25) is 0 Å². The number of hydrogen-bond donors (Lipinski definition) is 2. The lowest BCUT2D eigenvalue weighted by atomic mass is 10.2. The van der Waals surface area contributed by atoms with Crippen LogP contribution in [0, 0.1) is 6.92 Å². The lowest BCUT2D eigenvalue weighted by Crippen LogP contribution is -2.10. The Labute approximate surface area is 134 Å². The number of anilines is 2. The van der Waals surface area contributed by atoms with Crippen molar-refractivity contribution in [2.75, 3.05) is 11.1 Å². The molecule has 0 bridgehead atoms. The number of carbonyl (C=O) groups is 1. The van der Waals surface area contributed by atoms with Crippen LogP contribution in [-0.2, 0) is 0 Å². The molecular formula is C15H12BrN3OS. The van der Waals surface area contributed by atoms with Crippen molar-refractivity contribution in [3.05, 3.63) is 50.8 Å². The Morgan fingerprint density at radius 2 is 2.19 bits per heavy atom. The average Bonchev–Trinajstić information content (AvgIpc) is 2.79. The number of halogens is 1. The zero-order valence-corrected chi connectivity index (χ0v) is 13.6. The summed E-state index contributed by atoms with van der Waals surface area (Å²) >= 11 is 4.78. The largest absolute Gasteiger partial charge is 0.398 e. The summed E-state index contributed by atoms with van der Waals surface area (Å²) in [6.07, 6.45) is 1.71. The molecule has 0 unspecified atom stereocenters. The van der Waals surface area contributed by atoms with Crippen LogP contribution in [0.3, 0.4) is 0 Å². The molecule has 0 spiro atoms. The van der Waals surface area contributed by atoms with Crippen molar-refractivity contribution in [1.29, 1.82) is 0 Å². The summed E-state index contributed by atoms with van der Waals surface area (Å²) in [5, 5.41) is 3.86. The van der Waals surface area contributed by atoms with Gasteiger partial charge in [0.15, 0.2) is 0 Å². The highest BCUT2D eigenvalue weighted by Gasteiger charge is 2.13. The maximum absolute atomic E-state index is 12.3. The number of nitrogens with two attached hydrogens (primary N) is 1. The fourth-order valence-electron chi connectivity index (χ4n) is 2.03. The van der Waals surface area contributed by atoms with Crippen molar-refractivity contribution in [1.82, 2.24) is 4.98 Å². The van der Waals surface area contributed by atoms with Crippen LogP contribution in [0.1, 0.15) is 14.5 Å². The fraction of sp³-hybridized carbons (Fsp3) is 0.0667. The van der Waals surface area contributed by atoms with Crippen molar-refractivity contribution in [2.24, 2.45) is 0 Å². The number of aryl methyl sites for hydroxylation is 1. The number of aromatic nitrogens is 1. The summed E-state index contributed by atoms with van der Waals surface area (Å²) in [4.78, 5) is 18.2. The van der Waals surface area contributed by atoms with Gasteiger partial charge >= 0.3 is 0 Å². The molecule has 21 heavy (non-hydrogen) atoms. The number of nitrogens with one attached hydrogen (secondary N) is 1. The Morgan fingerprint density at radius 1 is 1.38 bits per heavy atom. The number of carbonyl (C=O) groups excluding carboxylic acids is 1. The zero-order valence-electron chi connectivity index (χ0n) is 11.2. The quantitative estimate of drug-likeness (QED) is 0.718. The molecule has 2 aromatic heterocycles. The second-order valence-corrected chi connectivity index (χ2v) is 6.78. The van der Waals surface area contributed by atoms with Gasteiger partial charge in [-0.25, -0.2) is 0 Å². The van der Waals surface area contributed by atoms with Gasteiger partial charge in [0, 0.05) is 26.6 Å². The number of fused-ring (bicyclic) bond motifs is 1. The standard InChI is InChI=1S/C15H12BrN3OS/c1-8-11(17)6-13(21-8)15(20)19-12-4-2-3-9-5-10(16)7-18-14(9)12/h2-7H,17H2,1H3,(H,19,20). The van der Waals surface area contributed by atoms with Gasteiger partial charge in [-0.1, -0.05) is 12.1 Å². The van der Waals surface area contributed by atoms with Crippen LogP contribution in [0.4, 0.5) is 11.4 Å². The third-order valence-electron chi connectivity index (χ3n) is 3.11. The number of hydrogen-bond acceptors (Lipinski definition) is 4. The van der Waals surface area contributed by atoms with Gasteiger partial charge in [0.1, 0.15) is 0 Å². The molecule has 4 nitrogen and oxygen atoms in total. The van der Waals surface area contributed by atoms with Crippen LogP contribution in [0.25, 0.3) is 10.9 Å². The predicted molar refractivity (Wildman–Crippen MR) is 90.9 cm³/mol. The maximum Gasteiger partial charge on any atom is 0.265 e. The summed E-state index contributed by atoms with van der Waals surface area (Å²) < 4.78 is 0.903. The van der Waals surface area contributed by atoms with E-state index < -0.39 is 0 Å². The molecule has 0 radical (unpaired) electrons. The number of rotatable bonds is 2. The smallest absolute Gasteiger partial charge is 0.265 e. The van der Waals surface area contributed by atoms with Gasteiger partial charge in [-0.05, 0) is 41.1 Å². The molecule has 106 valence electrons. The molecule has 0 aliphatic carbocycles. The van der Waals surface area contributed by atoms with Gasteiger partial charge < -0.3 is 11.1 Å². The minimum Gasteiger partial charge on any atom is -0.398 e. The number of nitrogens with zero attached hydrogens (tertiary/aromatic N) is 1. The molecular weight excluding hydrogens is 350 g/mol. The number of amides is 1. The van der Waals surface area contributed by atoms with E-state index in [0.29, 0.717) is 16.3 Å². The Morgan fingerprint density at radius 3 is 2.90 bits per heavy atom. The molecule has 0 aliphatic heterocycles. The van der Waals surface area contributed by atoms with E-state index in [0.717, 1.165) is 20.3 Å². The van der Waals surface area contributed by atoms with Crippen LogP contribution >= 0.6 is 27.3 Å². The van der Waals surface area contributed by atoms with Crippen LogP contribution in [0.15, 0.2) is 41.0 Å². The topological polar surface area (TPSA) is 68.0 Å². The van der Waals surface area contributed by atoms with Crippen molar-refractivity contribution >= 4 is 55.5 Å². The van der Waals surface area contributed by atoms with E-state index in [4.69, 9.17) is 5.73 Å². The third kappa shape index (κ3) is 2.77. The van der Waals surface area contributed by atoms with Crippen molar-refractivity contribution < 1.29 is 4.79 Å². The Balaban J connectivity index is 1.96. The van der Waals surface area contributed by atoms with E-state index in [1.165, 1.54) is 11.3 Å². The highest BCUT2D eigenvalue weighted by atomic mass is 79.9. The Hall–Kier alpha value is -1.92. The molecule has 0 fully saturated rings. The van der Waals surface area contributed by atoms with E-state index in [2.05, 4.69) is 26.2 Å². The molecule has 3 aromatic rings. The van der Waals surface area contributed by atoms with E-state index in [1.807, 2.05) is 31.2 Å². The van der Waals surface area contributed by atoms with Crippen LogP contribution in [0.5, 0.6) is 0 Å². The molecule has 1 amide bonds. The highest BCUT2D eigenvalue weighted by molar-refractivity contribution is 9.10. The third-order valence-corrected chi connectivity index (χ3v) is 4.60. The van der Waals surface area contributed by atoms with Gasteiger partial charge in [0.25, 0.3) is 5.91 Å². The molecule has 0 saturated heterocycles. The summed E-state index contributed by atoms with van der Waals surface area (Å²) in [6, 6.07) is 9.34. The average molecular weight is 362 g/mol. The minimum atomic E-state index is -0.169. The zero-order chi connectivity index (χ0) is 15.0. The van der Waals surface area contributed by atoms with Gasteiger partial charge in [-0.15, -0.1) is 11.3 Å². The summed E-state index contributed by atoms with van der Waals surface area (Å²) in [6.45, 7) is 1.90. The van der Waals surface area contributed by atoms with Crippen LogP contribution < -0.4 is 11.1 Å². The summed E-state index contributed by atoms with van der Waals surface area (Å²) in [7, 11) is 0. The van der Waals surface area contributed by atoms with Gasteiger partial charge in [-0.2, -0.15) is 0 Å². The number of nitrogen functional groups attached to an aromatic ring is 1. The van der Waals surface area contributed by atoms with Crippen molar-refractivity contribution in [3.8, 4) is 0 Å². The lowest BCUT2D eigenvalue weighted by molar-refractivity contribution is 0.103. The first-order valence-electron chi connectivity index (χ1n) is 6.26. The number of pyridine rings is 1. The molecule has 1 aromatic carbocycles.